The van der Waals surface area contributed by atoms with Gasteiger partial charge in [-0.2, -0.15) is 9.78 Å². The molecule has 2 fully saturated rings. The van der Waals surface area contributed by atoms with Crippen LogP contribution in [0, 0.1) is 0 Å². The molecule has 2 aliphatic rings. The predicted molar refractivity (Wildman–Crippen MR) is 88.4 cm³/mol. The van der Waals surface area contributed by atoms with E-state index in [1.54, 1.807) is 18.5 Å². The highest BCUT2D eigenvalue weighted by Crippen LogP contribution is 2.30. The summed E-state index contributed by atoms with van der Waals surface area (Å²) in [4.78, 5) is 16.6. The van der Waals surface area contributed by atoms with Crippen LogP contribution in [0.5, 0.6) is 0 Å². The Bertz CT molecular complexity index is 641. The first-order chi connectivity index (χ1) is 11.3. The summed E-state index contributed by atoms with van der Waals surface area (Å²) in [5.74, 6) is 0.689. The van der Waals surface area contributed by atoms with Gasteiger partial charge in [0.25, 0.3) is 0 Å². The number of piperidine rings is 1. The van der Waals surface area contributed by atoms with E-state index in [2.05, 4.69) is 40.3 Å². The zero-order chi connectivity index (χ0) is 15.6. The van der Waals surface area contributed by atoms with Crippen molar-refractivity contribution in [2.45, 2.75) is 24.8 Å². The first-order valence-electron chi connectivity index (χ1n) is 8.39. The van der Waals surface area contributed by atoms with Crippen molar-refractivity contribution in [2.24, 2.45) is 0 Å². The second-order valence-corrected chi connectivity index (χ2v) is 6.51. The van der Waals surface area contributed by atoms with Crippen LogP contribution in [-0.2, 0) is 0 Å². The molecular formula is C18H22N4O. The average Bonchev–Trinajstić information content (AvgIpc) is 3.09. The van der Waals surface area contributed by atoms with Gasteiger partial charge in [-0.25, -0.2) is 4.79 Å². The smallest absolute Gasteiger partial charge is 0.320 e. The van der Waals surface area contributed by atoms with Crippen molar-refractivity contribution < 1.29 is 4.79 Å². The maximum Gasteiger partial charge on any atom is 0.344 e. The van der Waals surface area contributed by atoms with Gasteiger partial charge in [0.15, 0.2) is 0 Å². The van der Waals surface area contributed by atoms with Crippen molar-refractivity contribution in [3.05, 3.63) is 54.4 Å². The molecule has 2 aromatic rings. The monoisotopic (exact) mass is 310 g/mol. The van der Waals surface area contributed by atoms with Crippen LogP contribution in [0.1, 0.15) is 24.3 Å². The molecule has 5 nitrogen and oxygen atoms in total. The van der Waals surface area contributed by atoms with Gasteiger partial charge in [0, 0.05) is 31.5 Å². The molecule has 4 rings (SSSR count). The Morgan fingerprint density at radius 3 is 2.43 bits per heavy atom. The van der Waals surface area contributed by atoms with Crippen LogP contribution >= 0.6 is 0 Å². The number of benzene rings is 1. The highest BCUT2D eigenvalue weighted by atomic mass is 16.2. The highest BCUT2D eigenvalue weighted by Gasteiger charge is 2.37. The van der Waals surface area contributed by atoms with Crippen molar-refractivity contribution >= 4 is 6.03 Å². The molecule has 0 aliphatic carbocycles. The van der Waals surface area contributed by atoms with E-state index < -0.39 is 0 Å². The van der Waals surface area contributed by atoms with Crippen molar-refractivity contribution in [1.82, 2.24) is 19.6 Å². The SMILES string of the molecule is O=C(N1CC(N2CCC(c3ccccc3)CC2)C1)n1cccn1. The predicted octanol–water partition coefficient (Wildman–Crippen LogP) is 2.42. The molecule has 0 spiro atoms. The number of carbonyl (C=O) groups is 1. The maximum atomic E-state index is 12.2. The topological polar surface area (TPSA) is 41.4 Å². The van der Waals surface area contributed by atoms with E-state index in [1.165, 1.54) is 23.1 Å². The van der Waals surface area contributed by atoms with Gasteiger partial charge < -0.3 is 4.90 Å². The van der Waals surface area contributed by atoms with E-state index in [0.29, 0.717) is 12.0 Å². The Balaban J connectivity index is 1.27. The summed E-state index contributed by atoms with van der Waals surface area (Å²) in [5.41, 5.74) is 1.47. The molecule has 0 unspecified atom stereocenters. The quantitative estimate of drug-likeness (QED) is 0.855. The van der Waals surface area contributed by atoms with Crippen LogP contribution in [0.25, 0.3) is 0 Å². The third kappa shape index (κ3) is 2.88. The summed E-state index contributed by atoms with van der Waals surface area (Å²) in [6, 6.07) is 13.1. The second-order valence-electron chi connectivity index (χ2n) is 6.51. The van der Waals surface area contributed by atoms with E-state index in [4.69, 9.17) is 0 Å². The molecule has 0 atom stereocenters. The van der Waals surface area contributed by atoms with Crippen LogP contribution in [0.3, 0.4) is 0 Å². The standard InChI is InChI=1S/C18H22N4O/c23-18(22-10-4-9-19-22)21-13-17(14-21)20-11-7-16(8-12-20)15-5-2-1-3-6-15/h1-6,9-10,16-17H,7-8,11-14H2. The van der Waals surface area contributed by atoms with Crippen LogP contribution in [0.2, 0.25) is 0 Å². The van der Waals surface area contributed by atoms with Gasteiger partial charge in [-0.3, -0.25) is 4.90 Å². The number of rotatable bonds is 2. The zero-order valence-electron chi connectivity index (χ0n) is 13.2. The number of likely N-dealkylation sites (tertiary alicyclic amines) is 2. The molecule has 3 heterocycles. The Labute approximate surface area is 136 Å². The summed E-state index contributed by atoms with van der Waals surface area (Å²) in [6.07, 6.45) is 5.78. The first-order valence-corrected chi connectivity index (χ1v) is 8.39. The average molecular weight is 310 g/mol. The van der Waals surface area contributed by atoms with Crippen molar-refractivity contribution in [2.75, 3.05) is 26.2 Å². The largest absolute Gasteiger partial charge is 0.344 e. The molecule has 23 heavy (non-hydrogen) atoms. The lowest BCUT2D eigenvalue weighted by molar-refractivity contribution is 0.0410. The van der Waals surface area contributed by atoms with E-state index in [0.717, 1.165) is 26.2 Å². The van der Waals surface area contributed by atoms with Crippen LogP contribution in [0.15, 0.2) is 48.8 Å². The van der Waals surface area contributed by atoms with Gasteiger partial charge in [0.1, 0.15) is 0 Å². The van der Waals surface area contributed by atoms with Gasteiger partial charge in [0.05, 0.1) is 0 Å². The fourth-order valence-electron chi connectivity index (χ4n) is 3.69. The molecule has 0 radical (unpaired) electrons. The minimum atomic E-state index is -0.00887. The molecule has 0 N–H and O–H groups in total. The lowest BCUT2D eigenvalue weighted by Gasteiger charge is -2.47. The van der Waals surface area contributed by atoms with Gasteiger partial charge in [0.2, 0.25) is 0 Å². The summed E-state index contributed by atoms with van der Waals surface area (Å²) < 4.78 is 1.41. The normalized spacial score (nSPS) is 20.4. The second kappa shape index (κ2) is 6.16. The van der Waals surface area contributed by atoms with E-state index in [1.807, 2.05) is 4.90 Å². The fourth-order valence-corrected chi connectivity index (χ4v) is 3.69. The van der Waals surface area contributed by atoms with E-state index in [-0.39, 0.29) is 6.03 Å². The molecule has 1 amide bonds. The molecule has 2 aliphatic heterocycles. The third-order valence-electron chi connectivity index (χ3n) is 5.15. The molecule has 0 saturated carbocycles. The van der Waals surface area contributed by atoms with Crippen LogP contribution < -0.4 is 0 Å². The summed E-state index contributed by atoms with van der Waals surface area (Å²) in [7, 11) is 0. The fraction of sp³-hybridized carbons (Fsp3) is 0.444. The lowest BCUT2D eigenvalue weighted by Crippen LogP contribution is -2.62. The van der Waals surface area contributed by atoms with E-state index in [9.17, 15) is 4.79 Å². The van der Waals surface area contributed by atoms with Crippen LogP contribution in [0.4, 0.5) is 4.79 Å². The number of hydrogen-bond donors (Lipinski definition) is 0. The Kier molecular flexibility index (Phi) is 3.87. The van der Waals surface area contributed by atoms with Gasteiger partial charge in [-0.1, -0.05) is 30.3 Å². The van der Waals surface area contributed by atoms with Crippen molar-refractivity contribution in [3.8, 4) is 0 Å². The maximum absolute atomic E-state index is 12.2. The van der Waals surface area contributed by atoms with Gasteiger partial charge >= 0.3 is 6.03 Å². The van der Waals surface area contributed by atoms with E-state index >= 15 is 0 Å². The molecule has 2 saturated heterocycles. The number of amides is 1. The van der Waals surface area contributed by atoms with Crippen molar-refractivity contribution in [3.63, 3.8) is 0 Å². The van der Waals surface area contributed by atoms with Gasteiger partial charge in [-0.15, -0.1) is 0 Å². The highest BCUT2D eigenvalue weighted by molar-refractivity contribution is 5.76. The van der Waals surface area contributed by atoms with Crippen molar-refractivity contribution in [1.29, 1.82) is 0 Å². The minimum Gasteiger partial charge on any atom is -0.320 e. The first kappa shape index (κ1) is 14.5. The summed E-state index contributed by atoms with van der Waals surface area (Å²) in [6.45, 7) is 3.92. The number of hydrogen-bond acceptors (Lipinski definition) is 3. The molecule has 0 bridgehead atoms. The minimum absolute atomic E-state index is 0.00887. The summed E-state index contributed by atoms with van der Waals surface area (Å²) >= 11 is 0. The molecule has 120 valence electrons. The Morgan fingerprint density at radius 1 is 1.04 bits per heavy atom. The molecular weight excluding hydrogens is 288 g/mol. The lowest BCUT2D eigenvalue weighted by atomic mass is 9.88. The summed E-state index contributed by atoms with van der Waals surface area (Å²) in [5, 5.41) is 4.01. The third-order valence-corrected chi connectivity index (χ3v) is 5.15. The Hall–Kier alpha value is -2.14. The molecule has 1 aromatic heterocycles. The van der Waals surface area contributed by atoms with Gasteiger partial charge in [-0.05, 0) is 43.5 Å². The number of carbonyl (C=O) groups excluding carboxylic acids is 1. The molecule has 5 heteroatoms. The number of aromatic nitrogens is 2. The number of nitrogens with zero attached hydrogens (tertiary/aromatic N) is 4. The zero-order valence-corrected chi connectivity index (χ0v) is 13.2. The Morgan fingerprint density at radius 2 is 1.78 bits per heavy atom. The molecule has 1 aromatic carbocycles. The van der Waals surface area contributed by atoms with Crippen LogP contribution in [-0.4, -0.2) is 57.8 Å².